The van der Waals surface area contributed by atoms with E-state index in [4.69, 9.17) is 0 Å². The molecule has 102 valence electrons. The lowest BCUT2D eigenvalue weighted by Gasteiger charge is -2.08. The molecule has 0 bridgehead atoms. The maximum atomic E-state index is 12.5. The summed E-state index contributed by atoms with van der Waals surface area (Å²) in [5.41, 5.74) is 1.01. The van der Waals surface area contributed by atoms with Gasteiger partial charge in [-0.3, -0.25) is 0 Å². The average molecular weight is 342 g/mol. The Morgan fingerprint density at radius 2 is 1.80 bits per heavy atom. The van der Waals surface area contributed by atoms with E-state index in [1.165, 1.54) is 12.1 Å². The van der Waals surface area contributed by atoms with Gasteiger partial charge in [-0.1, -0.05) is 12.1 Å². The van der Waals surface area contributed by atoms with Crippen LogP contribution in [0.15, 0.2) is 47.5 Å². The van der Waals surface area contributed by atoms with Gasteiger partial charge in [-0.2, -0.15) is 13.2 Å². The number of hydrogen-bond acceptors (Lipinski definition) is 2. The number of aromatic nitrogens is 3. The Labute approximate surface area is 120 Å². The van der Waals surface area contributed by atoms with E-state index < -0.39 is 11.7 Å². The Balaban J connectivity index is 2.14. The van der Waals surface area contributed by atoms with Gasteiger partial charge in [0.15, 0.2) is 5.65 Å². The predicted octanol–water partition coefficient (Wildman–Crippen LogP) is 4.18. The topological polar surface area (TPSA) is 30.2 Å². The highest BCUT2D eigenvalue weighted by Gasteiger charge is 2.30. The molecule has 0 saturated heterocycles. The third-order valence-corrected chi connectivity index (χ3v) is 3.21. The summed E-state index contributed by atoms with van der Waals surface area (Å²) in [7, 11) is 0. The zero-order chi connectivity index (χ0) is 14.3. The van der Waals surface area contributed by atoms with Gasteiger partial charge in [0.25, 0.3) is 0 Å². The van der Waals surface area contributed by atoms with Crippen molar-refractivity contribution in [2.45, 2.75) is 6.18 Å². The van der Waals surface area contributed by atoms with Gasteiger partial charge in [-0.25, -0.2) is 9.97 Å². The molecule has 3 aromatic rings. The molecule has 0 unspecified atom stereocenters. The fourth-order valence-corrected chi connectivity index (χ4v) is 2.31. The number of rotatable bonds is 1. The molecular formula is C13H7BrF3N3. The van der Waals surface area contributed by atoms with Crippen LogP contribution in [0.1, 0.15) is 5.56 Å². The molecule has 0 aliphatic heterocycles. The van der Waals surface area contributed by atoms with Crippen LogP contribution in [-0.2, 0) is 6.18 Å². The lowest BCUT2D eigenvalue weighted by Crippen LogP contribution is -2.04. The predicted molar refractivity (Wildman–Crippen MR) is 71.1 cm³/mol. The van der Waals surface area contributed by atoms with Crippen molar-refractivity contribution in [2.75, 3.05) is 0 Å². The Bertz CT molecular complexity index is 763. The van der Waals surface area contributed by atoms with E-state index in [0.717, 1.165) is 12.1 Å². The van der Waals surface area contributed by atoms with Gasteiger partial charge in [0.05, 0.1) is 5.56 Å². The number of halogens is 4. The van der Waals surface area contributed by atoms with E-state index in [1.807, 2.05) is 0 Å². The lowest BCUT2D eigenvalue weighted by molar-refractivity contribution is -0.137. The Kier molecular flexibility index (Phi) is 3.01. The van der Waals surface area contributed by atoms with E-state index in [2.05, 4.69) is 25.9 Å². The number of benzene rings is 1. The third kappa shape index (κ3) is 2.29. The average Bonchev–Trinajstić information content (AvgIpc) is 2.85. The van der Waals surface area contributed by atoms with Crippen molar-refractivity contribution in [3.8, 4) is 11.3 Å². The Morgan fingerprint density at radius 3 is 2.45 bits per heavy atom. The molecule has 0 fully saturated rings. The molecule has 0 amide bonds. The molecule has 3 rings (SSSR count). The first-order valence-corrected chi connectivity index (χ1v) is 6.41. The number of imidazole rings is 1. The summed E-state index contributed by atoms with van der Waals surface area (Å²) >= 11 is 3.27. The number of nitrogens with zero attached hydrogens (tertiary/aromatic N) is 3. The molecule has 7 heteroatoms. The summed E-state index contributed by atoms with van der Waals surface area (Å²) < 4.78 is 40.0. The highest BCUT2D eigenvalue weighted by Crippen LogP contribution is 2.31. The fourth-order valence-electron chi connectivity index (χ4n) is 1.91. The van der Waals surface area contributed by atoms with Crippen LogP contribution in [0, 0.1) is 0 Å². The molecule has 3 nitrogen and oxygen atoms in total. The Morgan fingerprint density at radius 1 is 1.10 bits per heavy atom. The molecular weight excluding hydrogens is 335 g/mol. The van der Waals surface area contributed by atoms with Gasteiger partial charge >= 0.3 is 6.18 Å². The number of hydrogen-bond donors (Lipinski definition) is 0. The van der Waals surface area contributed by atoms with Gasteiger partial charge in [-0.15, -0.1) is 0 Å². The second-order valence-corrected chi connectivity index (χ2v) is 4.96. The smallest absolute Gasteiger partial charge is 0.303 e. The first-order valence-electron chi connectivity index (χ1n) is 5.62. The van der Waals surface area contributed by atoms with Gasteiger partial charge in [-0.05, 0) is 28.1 Å². The van der Waals surface area contributed by atoms with E-state index in [9.17, 15) is 13.2 Å². The molecule has 2 aromatic heterocycles. The highest BCUT2D eigenvalue weighted by atomic mass is 79.9. The number of fused-ring (bicyclic) bond motifs is 1. The quantitative estimate of drug-likeness (QED) is 0.664. The second-order valence-electron chi connectivity index (χ2n) is 4.15. The van der Waals surface area contributed by atoms with Crippen molar-refractivity contribution < 1.29 is 13.2 Å². The molecule has 0 radical (unpaired) electrons. The van der Waals surface area contributed by atoms with Crippen LogP contribution in [0.2, 0.25) is 0 Å². The van der Waals surface area contributed by atoms with Gasteiger partial charge in [0.2, 0.25) is 0 Å². The molecule has 20 heavy (non-hydrogen) atoms. The molecule has 0 spiro atoms. The van der Waals surface area contributed by atoms with Crippen LogP contribution in [-0.4, -0.2) is 14.4 Å². The fraction of sp³-hybridized carbons (Fsp3) is 0.0769. The standard InChI is InChI=1S/C13H7BrF3N3/c14-10-7-20-6-5-18-12(20)11(19-10)8-1-3-9(4-2-8)13(15,16)17/h1-7H. The minimum atomic E-state index is -4.34. The van der Waals surface area contributed by atoms with Crippen LogP contribution in [0.3, 0.4) is 0 Å². The summed E-state index contributed by atoms with van der Waals surface area (Å²) in [4.78, 5) is 8.45. The zero-order valence-corrected chi connectivity index (χ0v) is 11.5. The monoisotopic (exact) mass is 341 g/mol. The summed E-state index contributed by atoms with van der Waals surface area (Å²) in [6, 6.07) is 4.87. The highest BCUT2D eigenvalue weighted by molar-refractivity contribution is 9.10. The molecule has 0 atom stereocenters. The molecule has 2 heterocycles. The van der Waals surface area contributed by atoms with Crippen LogP contribution in [0.25, 0.3) is 16.9 Å². The molecule has 0 saturated carbocycles. The summed E-state index contributed by atoms with van der Waals surface area (Å²) in [5, 5.41) is 0. The van der Waals surface area contributed by atoms with Crippen LogP contribution < -0.4 is 0 Å². The van der Waals surface area contributed by atoms with Crippen molar-refractivity contribution in [3.05, 3.63) is 53.0 Å². The summed E-state index contributed by atoms with van der Waals surface area (Å²) in [6.45, 7) is 0. The van der Waals surface area contributed by atoms with Crippen LogP contribution in [0.4, 0.5) is 13.2 Å². The third-order valence-electron chi connectivity index (χ3n) is 2.83. The molecule has 0 aliphatic carbocycles. The minimum absolute atomic E-state index is 0.526. The van der Waals surface area contributed by atoms with Crippen molar-refractivity contribution in [1.82, 2.24) is 14.4 Å². The maximum Gasteiger partial charge on any atom is 0.416 e. The maximum absolute atomic E-state index is 12.5. The molecule has 0 N–H and O–H groups in total. The molecule has 1 aromatic carbocycles. The lowest BCUT2D eigenvalue weighted by atomic mass is 10.1. The van der Waals surface area contributed by atoms with Crippen molar-refractivity contribution in [1.29, 1.82) is 0 Å². The second kappa shape index (κ2) is 4.59. The minimum Gasteiger partial charge on any atom is -0.303 e. The Hall–Kier alpha value is -1.89. The van der Waals surface area contributed by atoms with Gasteiger partial charge in [0, 0.05) is 24.2 Å². The molecule has 0 aliphatic rings. The van der Waals surface area contributed by atoms with E-state index in [1.54, 1.807) is 23.0 Å². The van der Waals surface area contributed by atoms with Gasteiger partial charge in [0.1, 0.15) is 10.3 Å². The summed E-state index contributed by atoms with van der Waals surface area (Å²) in [6.07, 6.45) is 0.744. The zero-order valence-electron chi connectivity index (χ0n) is 9.89. The van der Waals surface area contributed by atoms with Crippen molar-refractivity contribution >= 4 is 21.6 Å². The van der Waals surface area contributed by atoms with E-state index >= 15 is 0 Å². The van der Waals surface area contributed by atoms with E-state index in [0.29, 0.717) is 21.5 Å². The number of alkyl halides is 3. The first-order chi connectivity index (χ1) is 9.45. The van der Waals surface area contributed by atoms with E-state index in [-0.39, 0.29) is 0 Å². The van der Waals surface area contributed by atoms with Crippen LogP contribution >= 0.6 is 15.9 Å². The SMILES string of the molecule is FC(F)(F)c1ccc(-c2nc(Br)cn3ccnc23)cc1. The van der Waals surface area contributed by atoms with Gasteiger partial charge < -0.3 is 4.40 Å². The van der Waals surface area contributed by atoms with Crippen LogP contribution in [0.5, 0.6) is 0 Å². The van der Waals surface area contributed by atoms with Crippen molar-refractivity contribution in [3.63, 3.8) is 0 Å². The normalized spacial score (nSPS) is 12.0. The largest absolute Gasteiger partial charge is 0.416 e. The first kappa shape index (κ1) is 13.1. The van der Waals surface area contributed by atoms with Crippen molar-refractivity contribution in [2.24, 2.45) is 0 Å². The summed E-state index contributed by atoms with van der Waals surface area (Å²) in [5.74, 6) is 0.